The molecule has 0 aliphatic carbocycles. The Morgan fingerprint density at radius 1 is 1.25 bits per heavy atom. The number of carbonyl (C=O) groups excluding carboxylic acids is 1. The monoisotopic (exact) mass is 225 g/mol. The minimum absolute atomic E-state index is 0.147. The summed E-state index contributed by atoms with van der Waals surface area (Å²) in [5.74, 6) is 0.215. The van der Waals surface area contributed by atoms with Crippen LogP contribution in [-0.2, 0) is 14.3 Å². The zero-order chi connectivity index (χ0) is 11.0. The van der Waals surface area contributed by atoms with Crippen molar-refractivity contribution in [1.82, 2.24) is 4.90 Å². The molecule has 0 aromatic carbocycles. The summed E-state index contributed by atoms with van der Waals surface area (Å²) in [6.07, 6.45) is 3.99. The molecular weight excluding hydrogens is 206 g/mol. The van der Waals surface area contributed by atoms with Crippen LogP contribution in [0.4, 0.5) is 0 Å². The number of carbonyl (C=O) groups is 1. The van der Waals surface area contributed by atoms with Gasteiger partial charge in [0.25, 0.3) is 5.91 Å². The van der Waals surface area contributed by atoms with Crippen LogP contribution in [0.1, 0.15) is 25.7 Å². The first kappa shape index (κ1) is 10.5. The Labute approximate surface area is 95.9 Å². The van der Waals surface area contributed by atoms with Gasteiger partial charge < -0.3 is 14.4 Å². The van der Waals surface area contributed by atoms with Crippen LogP contribution in [0.2, 0.25) is 0 Å². The Kier molecular flexibility index (Phi) is 2.64. The Bertz CT molecular complexity index is 272. The first-order valence-electron chi connectivity index (χ1n) is 6.27. The Morgan fingerprint density at radius 2 is 2.00 bits per heavy atom. The highest BCUT2D eigenvalue weighted by Gasteiger charge is 2.42. The number of hydrogen-bond acceptors (Lipinski definition) is 3. The van der Waals surface area contributed by atoms with Crippen LogP contribution in [0.5, 0.6) is 0 Å². The van der Waals surface area contributed by atoms with Crippen molar-refractivity contribution in [3.05, 3.63) is 0 Å². The molecule has 1 atom stereocenters. The minimum atomic E-state index is -0.147. The third kappa shape index (κ3) is 1.74. The summed E-state index contributed by atoms with van der Waals surface area (Å²) in [5, 5.41) is 0. The van der Waals surface area contributed by atoms with Crippen molar-refractivity contribution >= 4 is 5.91 Å². The maximum Gasteiger partial charge on any atom is 0.251 e. The number of ether oxygens (including phenoxy) is 2. The highest BCUT2D eigenvalue weighted by molar-refractivity contribution is 5.81. The number of likely N-dealkylation sites (tertiary alicyclic amines) is 1. The highest BCUT2D eigenvalue weighted by Crippen LogP contribution is 2.38. The molecule has 3 fully saturated rings. The lowest BCUT2D eigenvalue weighted by molar-refractivity contribution is -0.158. The van der Waals surface area contributed by atoms with Crippen LogP contribution in [0.25, 0.3) is 0 Å². The van der Waals surface area contributed by atoms with E-state index < -0.39 is 0 Å². The van der Waals surface area contributed by atoms with Gasteiger partial charge in [0, 0.05) is 25.1 Å². The third-order valence-electron chi connectivity index (χ3n) is 4.16. The first-order chi connectivity index (χ1) is 7.79. The second-order valence-electron chi connectivity index (χ2n) is 5.32. The van der Waals surface area contributed by atoms with Gasteiger partial charge in [0.2, 0.25) is 0 Å². The van der Waals surface area contributed by atoms with Crippen LogP contribution < -0.4 is 0 Å². The molecule has 3 aliphatic rings. The summed E-state index contributed by atoms with van der Waals surface area (Å²) >= 11 is 0. The van der Waals surface area contributed by atoms with Crippen molar-refractivity contribution in [2.45, 2.75) is 31.8 Å². The maximum atomic E-state index is 12.1. The van der Waals surface area contributed by atoms with Gasteiger partial charge in [0.15, 0.2) is 0 Å². The van der Waals surface area contributed by atoms with Crippen LogP contribution in [-0.4, -0.2) is 49.8 Å². The van der Waals surface area contributed by atoms with Crippen molar-refractivity contribution < 1.29 is 14.3 Å². The Balaban J connectivity index is 1.54. The lowest BCUT2D eigenvalue weighted by Gasteiger charge is -2.47. The molecule has 3 aliphatic heterocycles. The highest BCUT2D eigenvalue weighted by atomic mass is 16.5. The zero-order valence-corrected chi connectivity index (χ0v) is 9.61. The fourth-order valence-corrected chi connectivity index (χ4v) is 2.86. The summed E-state index contributed by atoms with van der Waals surface area (Å²) in [4.78, 5) is 14.1. The molecule has 1 spiro atoms. The molecule has 0 aromatic heterocycles. The lowest BCUT2D eigenvalue weighted by Crippen LogP contribution is -2.53. The van der Waals surface area contributed by atoms with Gasteiger partial charge in [-0.15, -0.1) is 0 Å². The fraction of sp³-hybridized carbons (Fsp3) is 0.917. The smallest absolute Gasteiger partial charge is 0.251 e. The van der Waals surface area contributed by atoms with Gasteiger partial charge >= 0.3 is 0 Å². The van der Waals surface area contributed by atoms with Crippen molar-refractivity contribution in [3.8, 4) is 0 Å². The van der Waals surface area contributed by atoms with Crippen LogP contribution in [0.3, 0.4) is 0 Å². The fourth-order valence-electron chi connectivity index (χ4n) is 2.86. The molecule has 90 valence electrons. The van der Waals surface area contributed by atoms with E-state index in [2.05, 4.69) is 0 Å². The third-order valence-corrected chi connectivity index (χ3v) is 4.16. The zero-order valence-electron chi connectivity index (χ0n) is 9.61. The molecule has 0 aromatic rings. The molecule has 3 heterocycles. The topological polar surface area (TPSA) is 38.8 Å². The van der Waals surface area contributed by atoms with E-state index in [1.165, 1.54) is 0 Å². The van der Waals surface area contributed by atoms with Crippen LogP contribution in [0, 0.1) is 5.41 Å². The van der Waals surface area contributed by atoms with E-state index in [4.69, 9.17) is 9.47 Å². The van der Waals surface area contributed by atoms with E-state index in [-0.39, 0.29) is 12.0 Å². The molecule has 4 heteroatoms. The summed E-state index contributed by atoms with van der Waals surface area (Å²) in [6, 6.07) is 0. The predicted octanol–water partition coefficient (Wildman–Crippen LogP) is 0.804. The summed E-state index contributed by atoms with van der Waals surface area (Å²) < 4.78 is 10.7. The SMILES string of the molecule is O=C([C@@H]1CCCO1)N1CCC2(CC1)COC2. The average molecular weight is 225 g/mol. The summed E-state index contributed by atoms with van der Waals surface area (Å²) in [6.45, 7) is 4.33. The van der Waals surface area contributed by atoms with Gasteiger partial charge in [-0.2, -0.15) is 0 Å². The number of rotatable bonds is 1. The van der Waals surface area contributed by atoms with E-state index >= 15 is 0 Å². The molecule has 0 N–H and O–H groups in total. The molecule has 4 nitrogen and oxygen atoms in total. The average Bonchev–Trinajstić information content (AvgIpc) is 2.80. The lowest BCUT2D eigenvalue weighted by atomic mass is 9.77. The molecule has 3 rings (SSSR count). The van der Waals surface area contributed by atoms with Crippen molar-refractivity contribution in [3.63, 3.8) is 0 Å². The summed E-state index contributed by atoms with van der Waals surface area (Å²) in [7, 11) is 0. The van der Waals surface area contributed by atoms with Crippen molar-refractivity contribution in [1.29, 1.82) is 0 Å². The second-order valence-corrected chi connectivity index (χ2v) is 5.32. The van der Waals surface area contributed by atoms with Crippen molar-refractivity contribution in [2.24, 2.45) is 5.41 Å². The number of piperidine rings is 1. The largest absolute Gasteiger partial charge is 0.380 e. The van der Waals surface area contributed by atoms with E-state index in [0.29, 0.717) is 5.41 Å². The Hall–Kier alpha value is -0.610. The molecule has 16 heavy (non-hydrogen) atoms. The number of amides is 1. The summed E-state index contributed by atoms with van der Waals surface area (Å²) in [5.41, 5.74) is 0.410. The Morgan fingerprint density at radius 3 is 2.50 bits per heavy atom. The molecule has 0 saturated carbocycles. The van der Waals surface area contributed by atoms with Gasteiger partial charge in [0.05, 0.1) is 13.2 Å². The minimum Gasteiger partial charge on any atom is -0.380 e. The maximum absolute atomic E-state index is 12.1. The number of hydrogen-bond donors (Lipinski definition) is 0. The van der Waals surface area contributed by atoms with Crippen LogP contribution >= 0.6 is 0 Å². The molecule has 0 bridgehead atoms. The van der Waals surface area contributed by atoms with Gasteiger partial charge in [0.1, 0.15) is 6.10 Å². The van der Waals surface area contributed by atoms with E-state index in [9.17, 15) is 4.79 Å². The predicted molar refractivity (Wildman–Crippen MR) is 58.0 cm³/mol. The standard InChI is InChI=1S/C12H19NO3/c14-11(10-2-1-7-16-10)13-5-3-12(4-6-13)8-15-9-12/h10H,1-9H2/t10-/m0/s1. The number of nitrogens with zero attached hydrogens (tertiary/aromatic N) is 1. The van der Waals surface area contributed by atoms with Crippen LogP contribution in [0.15, 0.2) is 0 Å². The van der Waals surface area contributed by atoms with E-state index in [0.717, 1.165) is 58.6 Å². The molecular formula is C12H19NO3. The normalized spacial score (nSPS) is 32.8. The molecule has 1 amide bonds. The molecule has 0 radical (unpaired) electrons. The van der Waals surface area contributed by atoms with Crippen molar-refractivity contribution in [2.75, 3.05) is 32.9 Å². The van der Waals surface area contributed by atoms with Gasteiger partial charge in [-0.05, 0) is 25.7 Å². The molecule has 3 saturated heterocycles. The first-order valence-corrected chi connectivity index (χ1v) is 6.27. The second kappa shape index (κ2) is 4.00. The van der Waals surface area contributed by atoms with Gasteiger partial charge in [-0.1, -0.05) is 0 Å². The van der Waals surface area contributed by atoms with E-state index in [1.807, 2.05) is 4.90 Å². The quantitative estimate of drug-likeness (QED) is 0.662. The van der Waals surface area contributed by atoms with E-state index in [1.54, 1.807) is 0 Å². The van der Waals surface area contributed by atoms with Gasteiger partial charge in [-0.3, -0.25) is 4.79 Å². The molecule has 0 unspecified atom stereocenters. The van der Waals surface area contributed by atoms with Gasteiger partial charge in [-0.25, -0.2) is 0 Å².